The largest absolute Gasteiger partial charge is 0.462 e. The Hall–Kier alpha value is -2.11. The number of esters is 1. The maximum Gasteiger partial charge on any atom is 0.350 e. The highest BCUT2D eigenvalue weighted by Gasteiger charge is 2.30. The quantitative estimate of drug-likeness (QED) is 0.770. The molecule has 3 rings (SSSR count). The van der Waals surface area contributed by atoms with Crippen LogP contribution in [0.5, 0.6) is 0 Å². The molecule has 0 aromatic carbocycles. The molecule has 1 fully saturated rings. The van der Waals surface area contributed by atoms with Crippen LogP contribution in [0.4, 0.5) is 0 Å². The highest BCUT2D eigenvalue weighted by molar-refractivity contribution is 5.69. The average Bonchev–Trinajstić information content (AvgIpc) is 3.23. The lowest BCUT2D eigenvalue weighted by Crippen LogP contribution is -2.24. The molecule has 1 saturated carbocycles. The van der Waals surface area contributed by atoms with Crippen LogP contribution in [0.2, 0.25) is 0 Å². The first kappa shape index (κ1) is 12.9. The third kappa shape index (κ3) is 2.59. The van der Waals surface area contributed by atoms with Gasteiger partial charge in [-0.2, -0.15) is 0 Å². The molecule has 1 aliphatic carbocycles. The summed E-state index contributed by atoms with van der Waals surface area (Å²) in [7, 11) is 0. The zero-order valence-corrected chi connectivity index (χ0v) is 11.4. The molecule has 6 heteroatoms. The minimum Gasteiger partial charge on any atom is -0.462 e. The SMILES string of the molecule is C[C@H](OC(=O)CCn1nc2ccccn2c1=O)C1CC1. The minimum atomic E-state index is -0.270. The van der Waals surface area contributed by atoms with Gasteiger partial charge >= 0.3 is 11.7 Å². The Morgan fingerprint density at radius 2 is 2.30 bits per heavy atom. The van der Waals surface area contributed by atoms with Crippen molar-refractivity contribution < 1.29 is 9.53 Å². The van der Waals surface area contributed by atoms with E-state index in [1.807, 2.05) is 13.0 Å². The Balaban J connectivity index is 1.63. The van der Waals surface area contributed by atoms with Gasteiger partial charge in [0.2, 0.25) is 0 Å². The van der Waals surface area contributed by atoms with Crippen LogP contribution in [-0.2, 0) is 16.1 Å². The van der Waals surface area contributed by atoms with Crippen LogP contribution in [0.1, 0.15) is 26.2 Å². The molecular weight excluding hydrogens is 258 g/mol. The Kier molecular flexibility index (Phi) is 3.30. The fourth-order valence-electron chi connectivity index (χ4n) is 2.24. The van der Waals surface area contributed by atoms with Gasteiger partial charge < -0.3 is 4.74 Å². The van der Waals surface area contributed by atoms with Crippen molar-refractivity contribution in [3.05, 3.63) is 34.9 Å². The number of fused-ring (bicyclic) bond motifs is 1. The summed E-state index contributed by atoms with van der Waals surface area (Å²) in [5.74, 6) is 0.255. The van der Waals surface area contributed by atoms with Crippen molar-refractivity contribution in [3.63, 3.8) is 0 Å². The molecule has 2 aromatic rings. The molecule has 0 bridgehead atoms. The number of carbonyl (C=O) groups excluding carboxylic acids is 1. The molecule has 0 unspecified atom stereocenters. The lowest BCUT2D eigenvalue weighted by molar-refractivity contribution is -0.149. The van der Waals surface area contributed by atoms with Gasteiger partial charge in [-0.3, -0.25) is 9.20 Å². The van der Waals surface area contributed by atoms with E-state index in [0.717, 1.165) is 12.8 Å². The number of rotatable bonds is 5. The lowest BCUT2D eigenvalue weighted by Gasteiger charge is -2.11. The predicted molar refractivity (Wildman–Crippen MR) is 72.3 cm³/mol. The van der Waals surface area contributed by atoms with Crippen LogP contribution in [-0.4, -0.2) is 26.3 Å². The fourth-order valence-corrected chi connectivity index (χ4v) is 2.24. The van der Waals surface area contributed by atoms with Crippen LogP contribution in [0, 0.1) is 5.92 Å². The van der Waals surface area contributed by atoms with Crippen LogP contribution in [0.15, 0.2) is 29.2 Å². The first-order valence-corrected chi connectivity index (χ1v) is 6.89. The van der Waals surface area contributed by atoms with Crippen molar-refractivity contribution >= 4 is 11.6 Å². The molecule has 20 heavy (non-hydrogen) atoms. The summed E-state index contributed by atoms with van der Waals surface area (Å²) < 4.78 is 8.08. The number of carbonyl (C=O) groups is 1. The van der Waals surface area contributed by atoms with Crippen LogP contribution < -0.4 is 5.69 Å². The molecule has 0 aliphatic heterocycles. The van der Waals surface area contributed by atoms with Gasteiger partial charge in [0.1, 0.15) is 6.10 Å². The van der Waals surface area contributed by atoms with Gasteiger partial charge in [-0.15, -0.1) is 5.10 Å². The summed E-state index contributed by atoms with van der Waals surface area (Å²) in [6.07, 6.45) is 4.09. The second-order valence-electron chi connectivity index (χ2n) is 5.22. The van der Waals surface area contributed by atoms with Crippen molar-refractivity contribution in [1.29, 1.82) is 0 Å². The van der Waals surface area contributed by atoms with E-state index in [9.17, 15) is 9.59 Å². The van der Waals surface area contributed by atoms with E-state index in [1.165, 1.54) is 9.08 Å². The van der Waals surface area contributed by atoms with Gasteiger partial charge in [0.25, 0.3) is 0 Å². The zero-order chi connectivity index (χ0) is 14.1. The van der Waals surface area contributed by atoms with Crippen molar-refractivity contribution in [3.8, 4) is 0 Å². The number of hydrogen-bond acceptors (Lipinski definition) is 4. The summed E-state index contributed by atoms with van der Waals surface area (Å²) in [6, 6.07) is 5.34. The van der Waals surface area contributed by atoms with E-state index in [2.05, 4.69) is 5.10 Å². The van der Waals surface area contributed by atoms with Gasteiger partial charge in [-0.05, 0) is 37.8 Å². The molecule has 0 amide bonds. The summed E-state index contributed by atoms with van der Waals surface area (Å²) in [5, 5.41) is 4.17. The number of aryl methyl sites for hydroxylation is 1. The van der Waals surface area contributed by atoms with Crippen molar-refractivity contribution in [2.24, 2.45) is 5.92 Å². The molecule has 0 N–H and O–H groups in total. The van der Waals surface area contributed by atoms with Crippen molar-refractivity contribution in [2.45, 2.75) is 38.8 Å². The van der Waals surface area contributed by atoms with E-state index < -0.39 is 0 Å². The van der Waals surface area contributed by atoms with Gasteiger partial charge in [-0.25, -0.2) is 9.48 Å². The fraction of sp³-hybridized carbons (Fsp3) is 0.500. The third-order valence-electron chi connectivity index (χ3n) is 3.62. The highest BCUT2D eigenvalue weighted by Crippen LogP contribution is 2.34. The van der Waals surface area contributed by atoms with Gasteiger partial charge in [-0.1, -0.05) is 6.07 Å². The maximum absolute atomic E-state index is 12.0. The molecule has 1 atom stereocenters. The van der Waals surface area contributed by atoms with Gasteiger partial charge in [0.15, 0.2) is 5.65 Å². The topological polar surface area (TPSA) is 65.6 Å². The standard InChI is InChI=1S/C14H17N3O3/c1-10(11-5-6-11)20-13(18)7-9-17-14(19)16-8-3-2-4-12(16)15-17/h2-4,8,10-11H,5-7,9H2,1H3/t10-/m0/s1. The number of hydrogen-bond donors (Lipinski definition) is 0. The Labute approximate surface area is 116 Å². The summed E-state index contributed by atoms with van der Waals surface area (Å²) >= 11 is 0. The third-order valence-corrected chi connectivity index (χ3v) is 3.62. The molecule has 0 saturated heterocycles. The Morgan fingerprint density at radius 1 is 1.50 bits per heavy atom. The van der Waals surface area contributed by atoms with Gasteiger partial charge in [0.05, 0.1) is 13.0 Å². The molecule has 0 spiro atoms. The Bertz CT molecular complexity index is 684. The van der Waals surface area contributed by atoms with Crippen LogP contribution in [0.25, 0.3) is 5.65 Å². The smallest absolute Gasteiger partial charge is 0.350 e. The lowest BCUT2D eigenvalue weighted by atomic mass is 10.3. The molecule has 106 valence electrons. The monoisotopic (exact) mass is 275 g/mol. The molecule has 6 nitrogen and oxygen atoms in total. The molecule has 2 heterocycles. The maximum atomic E-state index is 12.0. The number of aromatic nitrogens is 3. The van der Waals surface area contributed by atoms with E-state index in [0.29, 0.717) is 11.6 Å². The van der Waals surface area contributed by atoms with E-state index >= 15 is 0 Å². The predicted octanol–water partition coefficient (Wildman–Crippen LogP) is 1.23. The normalized spacial score (nSPS) is 16.2. The second-order valence-corrected chi connectivity index (χ2v) is 5.22. The Morgan fingerprint density at radius 3 is 3.00 bits per heavy atom. The van der Waals surface area contributed by atoms with E-state index in [-0.39, 0.29) is 30.7 Å². The molecular formula is C14H17N3O3. The number of ether oxygens (including phenoxy) is 1. The van der Waals surface area contributed by atoms with Crippen molar-refractivity contribution in [1.82, 2.24) is 14.2 Å². The molecule has 2 aromatic heterocycles. The second kappa shape index (κ2) is 5.11. The summed E-state index contributed by atoms with van der Waals surface area (Å²) in [5.41, 5.74) is 0.348. The van der Waals surface area contributed by atoms with Crippen LogP contribution in [0.3, 0.4) is 0 Å². The zero-order valence-electron chi connectivity index (χ0n) is 11.4. The van der Waals surface area contributed by atoms with E-state index in [1.54, 1.807) is 18.3 Å². The number of pyridine rings is 1. The average molecular weight is 275 g/mol. The first-order valence-electron chi connectivity index (χ1n) is 6.89. The first-order chi connectivity index (χ1) is 9.65. The highest BCUT2D eigenvalue weighted by atomic mass is 16.5. The van der Waals surface area contributed by atoms with Crippen LogP contribution >= 0.6 is 0 Å². The summed E-state index contributed by atoms with van der Waals surface area (Å²) in [6.45, 7) is 2.17. The molecule has 0 radical (unpaired) electrons. The van der Waals surface area contributed by atoms with E-state index in [4.69, 9.17) is 4.74 Å². The molecule has 1 aliphatic rings. The minimum absolute atomic E-state index is 0.0136. The van der Waals surface area contributed by atoms with Crippen molar-refractivity contribution in [2.75, 3.05) is 0 Å². The van der Waals surface area contributed by atoms with Gasteiger partial charge in [0, 0.05) is 6.20 Å². The summed E-state index contributed by atoms with van der Waals surface area (Å²) in [4.78, 5) is 23.7. The number of nitrogens with zero attached hydrogens (tertiary/aromatic N) is 3.